The van der Waals surface area contributed by atoms with E-state index in [1.807, 2.05) is 0 Å². The van der Waals surface area contributed by atoms with Crippen molar-refractivity contribution in [3.05, 3.63) is 0 Å². The quantitative estimate of drug-likeness (QED) is 0.288. The predicted octanol–water partition coefficient (Wildman–Crippen LogP) is -0.266. The SMILES string of the molecule is CC(=O)C(=O)CC=O. The molecule has 0 aliphatic heterocycles. The first-order chi connectivity index (χ1) is 3.68. The van der Waals surface area contributed by atoms with Crippen LogP contribution in [0.5, 0.6) is 0 Å². The molecular formula is C5H6O3. The van der Waals surface area contributed by atoms with Crippen LogP contribution >= 0.6 is 0 Å². The van der Waals surface area contributed by atoms with Gasteiger partial charge in [-0.25, -0.2) is 0 Å². The number of hydrogen-bond donors (Lipinski definition) is 0. The Hall–Kier alpha value is -0.990. The van der Waals surface area contributed by atoms with E-state index in [0.717, 1.165) is 6.92 Å². The Kier molecular flexibility index (Phi) is 2.69. The molecule has 0 amide bonds. The number of carbonyl (C=O) groups excluding carboxylic acids is 3. The highest BCUT2D eigenvalue weighted by Crippen LogP contribution is 1.77. The van der Waals surface area contributed by atoms with Crippen molar-refractivity contribution in [2.24, 2.45) is 0 Å². The van der Waals surface area contributed by atoms with Crippen molar-refractivity contribution in [1.82, 2.24) is 0 Å². The van der Waals surface area contributed by atoms with Crippen LogP contribution in [0.1, 0.15) is 13.3 Å². The molecular weight excluding hydrogens is 108 g/mol. The lowest BCUT2D eigenvalue weighted by molar-refractivity contribution is -0.136. The summed E-state index contributed by atoms with van der Waals surface area (Å²) in [6, 6.07) is 0. The molecule has 8 heavy (non-hydrogen) atoms. The largest absolute Gasteiger partial charge is 0.303 e. The zero-order valence-corrected chi connectivity index (χ0v) is 4.51. The number of hydrogen-bond acceptors (Lipinski definition) is 3. The van der Waals surface area contributed by atoms with E-state index in [9.17, 15) is 14.4 Å². The average Bonchev–Trinajstić information content (AvgIpc) is 1.67. The van der Waals surface area contributed by atoms with E-state index < -0.39 is 11.6 Å². The molecule has 0 atom stereocenters. The third kappa shape index (κ3) is 2.23. The minimum atomic E-state index is -0.625. The lowest BCUT2D eigenvalue weighted by atomic mass is 10.2. The smallest absolute Gasteiger partial charge is 0.205 e. The molecule has 0 heterocycles. The zero-order chi connectivity index (χ0) is 6.57. The molecule has 0 rings (SSSR count). The minimum Gasteiger partial charge on any atom is -0.303 e. The van der Waals surface area contributed by atoms with E-state index in [0.29, 0.717) is 6.29 Å². The maximum atomic E-state index is 10.2. The van der Waals surface area contributed by atoms with Gasteiger partial charge in [0.1, 0.15) is 6.29 Å². The predicted molar refractivity (Wildman–Crippen MR) is 26.4 cm³/mol. The molecule has 0 spiro atoms. The standard InChI is InChI=1S/C5H6O3/c1-4(7)5(8)2-3-6/h3H,2H2,1H3. The van der Waals surface area contributed by atoms with Gasteiger partial charge in [-0.1, -0.05) is 0 Å². The summed E-state index contributed by atoms with van der Waals surface area (Å²) in [5.41, 5.74) is 0. The second-order valence-electron chi connectivity index (χ2n) is 1.35. The highest BCUT2D eigenvalue weighted by Gasteiger charge is 2.04. The topological polar surface area (TPSA) is 51.2 Å². The van der Waals surface area contributed by atoms with E-state index in [4.69, 9.17) is 0 Å². The van der Waals surface area contributed by atoms with Gasteiger partial charge in [0.15, 0.2) is 5.78 Å². The van der Waals surface area contributed by atoms with Crippen LogP contribution in [0.2, 0.25) is 0 Å². The normalized spacial score (nSPS) is 8.12. The lowest BCUT2D eigenvalue weighted by Crippen LogP contribution is -2.08. The van der Waals surface area contributed by atoms with Gasteiger partial charge >= 0.3 is 0 Å². The van der Waals surface area contributed by atoms with Gasteiger partial charge in [0.05, 0.1) is 6.42 Å². The summed E-state index contributed by atoms with van der Waals surface area (Å²) in [6.07, 6.45) is 0.138. The van der Waals surface area contributed by atoms with E-state index in [-0.39, 0.29) is 6.42 Å². The zero-order valence-electron chi connectivity index (χ0n) is 4.51. The monoisotopic (exact) mass is 114 g/mol. The second kappa shape index (κ2) is 3.07. The van der Waals surface area contributed by atoms with Gasteiger partial charge in [-0.05, 0) is 0 Å². The fraction of sp³-hybridized carbons (Fsp3) is 0.400. The molecule has 0 fully saturated rings. The maximum absolute atomic E-state index is 10.2. The molecule has 44 valence electrons. The van der Waals surface area contributed by atoms with E-state index in [2.05, 4.69) is 0 Å². The van der Waals surface area contributed by atoms with Crippen molar-refractivity contribution < 1.29 is 14.4 Å². The summed E-state index contributed by atoms with van der Waals surface area (Å²) in [5.74, 6) is -1.18. The van der Waals surface area contributed by atoms with Crippen LogP contribution in [0.15, 0.2) is 0 Å². The summed E-state index contributed by atoms with van der Waals surface area (Å²) < 4.78 is 0. The van der Waals surface area contributed by atoms with Crippen LogP contribution in [0.25, 0.3) is 0 Å². The van der Waals surface area contributed by atoms with Crippen LogP contribution in [-0.2, 0) is 14.4 Å². The highest BCUT2D eigenvalue weighted by atomic mass is 16.2. The van der Waals surface area contributed by atoms with E-state index in [1.165, 1.54) is 0 Å². The summed E-state index contributed by atoms with van der Waals surface area (Å²) in [6.45, 7) is 1.14. The van der Waals surface area contributed by atoms with Gasteiger partial charge in [-0.15, -0.1) is 0 Å². The number of aldehydes is 1. The first kappa shape index (κ1) is 7.01. The number of carbonyl (C=O) groups is 3. The average molecular weight is 114 g/mol. The van der Waals surface area contributed by atoms with Crippen molar-refractivity contribution in [2.75, 3.05) is 0 Å². The molecule has 0 radical (unpaired) electrons. The number of rotatable bonds is 3. The molecule has 3 nitrogen and oxygen atoms in total. The molecule has 0 aliphatic carbocycles. The van der Waals surface area contributed by atoms with E-state index in [1.54, 1.807) is 0 Å². The van der Waals surface area contributed by atoms with Crippen LogP contribution in [0.3, 0.4) is 0 Å². The van der Waals surface area contributed by atoms with Crippen LogP contribution in [0, 0.1) is 0 Å². The second-order valence-corrected chi connectivity index (χ2v) is 1.35. The molecule has 0 saturated carbocycles. The van der Waals surface area contributed by atoms with Gasteiger partial charge in [0.25, 0.3) is 0 Å². The molecule has 0 bridgehead atoms. The summed E-state index contributed by atoms with van der Waals surface area (Å²) in [5, 5.41) is 0. The van der Waals surface area contributed by atoms with Crippen molar-refractivity contribution in [3.8, 4) is 0 Å². The lowest BCUT2D eigenvalue weighted by Gasteiger charge is -1.81. The van der Waals surface area contributed by atoms with Crippen molar-refractivity contribution in [3.63, 3.8) is 0 Å². The molecule has 0 aromatic rings. The summed E-state index contributed by atoms with van der Waals surface area (Å²) in [4.78, 5) is 29.7. The highest BCUT2D eigenvalue weighted by molar-refractivity contribution is 6.38. The molecule has 0 saturated heterocycles. The van der Waals surface area contributed by atoms with Crippen molar-refractivity contribution in [2.45, 2.75) is 13.3 Å². The molecule has 0 aliphatic rings. The van der Waals surface area contributed by atoms with Gasteiger partial charge in [-0.2, -0.15) is 0 Å². The molecule has 3 heteroatoms. The summed E-state index contributed by atoms with van der Waals surface area (Å²) >= 11 is 0. The number of ketones is 2. The Morgan fingerprint density at radius 2 is 2.00 bits per heavy atom. The van der Waals surface area contributed by atoms with Gasteiger partial charge < -0.3 is 4.79 Å². The first-order valence-electron chi connectivity index (χ1n) is 2.16. The van der Waals surface area contributed by atoms with Crippen LogP contribution in [-0.4, -0.2) is 17.9 Å². The third-order valence-electron chi connectivity index (χ3n) is 0.661. The molecule has 0 aromatic carbocycles. The fourth-order valence-corrected chi connectivity index (χ4v) is 0.219. The van der Waals surface area contributed by atoms with Gasteiger partial charge in [-0.3, -0.25) is 9.59 Å². The number of Topliss-reactive ketones (excluding diaryl/α,β-unsaturated/α-hetero) is 2. The maximum Gasteiger partial charge on any atom is 0.205 e. The fourth-order valence-electron chi connectivity index (χ4n) is 0.219. The first-order valence-corrected chi connectivity index (χ1v) is 2.16. The molecule has 0 aromatic heterocycles. The van der Waals surface area contributed by atoms with E-state index >= 15 is 0 Å². The van der Waals surface area contributed by atoms with Crippen LogP contribution in [0.4, 0.5) is 0 Å². The summed E-state index contributed by atoms with van der Waals surface area (Å²) in [7, 11) is 0. The minimum absolute atomic E-state index is 0.282. The Morgan fingerprint density at radius 3 is 2.12 bits per heavy atom. The Bertz CT molecular complexity index is 126. The van der Waals surface area contributed by atoms with Gasteiger partial charge in [0.2, 0.25) is 5.78 Å². The molecule has 0 N–H and O–H groups in total. The van der Waals surface area contributed by atoms with Gasteiger partial charge in [0, 0.05) is 6.92 Å². The van der Waals surface area contributed by atoms with Crippen LogP contribution < -0.4 is 0 Å². The van der Waals surface area contributed by atoms with Crippen molar-refractivity contribution >= 4 is 17.9 Å². The Balaban J connectivity index is 3.65. The van der Waals surface area contributed by atoms with Crippen molar-refractivity contribution in [1.29, 1.82) is 0 Å². The molecule has 0 unspecified atom stereocenters. The Labute approximate surface area is 46.7 Å². The third-order valence-corrected chi connectivity index (χ3v) is 0.661. The Morgan fingerprint density at radius 1 is 1.50 bits per heavy atom.